The summed E-state index contributed by atoms with van der Waals surface area (Å²) in [6.07, 6.45) is 5.60. The lowest BCUT2D eigenvalue weighted by atomic mass is 10.3. The molecule has 1 aromatic carbocycles. The van der Waals surface area contributed by atoms with Gasteiger partial charge in [-0.3, -0.25) is 0 Å². The Bertz CT molecular complexity index is 303. The Balaban J connectivity index is 2.09. The first-order chi connectivity index (χ1) is 7.83. The van der Waals surface area contributed by atoms with Crippen LogP contribution in [0.25, 0.3) is 0 Å². The highest BCUT2D eigenvalue weighted by Gasteiger charge is 1.92. The molecule has 16 heavy (non-hydrogen) atoms. The molecule has 0 aromatic heterocycles. The molecule has 1 aromatic rings. The van der Waals surface area contributed by atoms with Gasteiger partial charge in [0.15, 0.2) is 0 Å². The van der Waals surface area contributed by atoms with Gasteiger partial charge in [0.1, 0.15) is 11.5 Å². The Hall–Kier alpha value is -1.64. The van der Waals surface area contributed by atoms with Gasteiger partial charge in [0.05, 0.1) is 19.5 Å². The molecule has 0 aliphatic carbocycles. The van der Waals surface area contributed by atoms with Gasteiger partial charge in [0.2, 0.25) is 0 Å². The van der Waals surface area contributed by atoms with Crippen LogP contribution < -0.4 is 4.74 Å². The largest absolute Gasteiger partial charge is 0.508 e. The average molecular weight is 222 g/mol. The highest BCUT2D eigenvalue weighted by Crippen LogP contribution is 2.15. The lowest BCUT2D eigenvalue weighted by Crippen LogP contribution is -1.96. The lowest BCUT2D eigenvalue weighted by Gasteiger charge is -2.04. The van der Waals surface area contributed by atoms with E-state index in [-0.39, 0.29) is 5.75 Å². The second-order valence-electron chi connectivity index (χ2n) is 3.31. The molecule has 0 saturated carbocycles. The molecule has 0 fully saturated rings. The molecule has 0 spiro atoms. The van der Waals surface area contributed by atoms with Crippen molar-refractivity contribution in [3.63, 3.8) is 0 Å². The fourth-order valence-electron chi connectivity index (χ4n) is 1.17. The van der Waals surface area contributed by atoms with Gasteiger partial charge in [-0.1, -0.05) is 0 Å². The van der Waals surface area contributed by atoms with Crippen molar-refractivity contribution in [2.75, 3.05) is 13.2 Å². The lowest BCUT2D eigenvalue weighted by molar-refractivity contribution is 0.267. The van der Waals surface area contributed by atoms with Gasteiger partial charge in [-0.05, 0) is 50.1 Å². The second-order valence-corrected chi connectivity index (χ2v) is 3.31. The molecule has 88 valence electrons. The molecular formula is C13H18O3. The van der Waals surface area contributed by atoms with Crippen LogP contribution in [0.4, 0.5) is 0 Å². The maximum Gasteiger partial charge on any atom is 0.119 e. The minimum atomic E-state index is 0.256. The van der Waals surface area contributed by atoms with Crippen LogP contribution in [0.1, 0.15) is 19.8 Å². The zero-order valence-corrected chi connectivity index (χ0v) is 9.56. The third-order valence-electron chi connectivity index (χ3n) is 1.98. The number of benzene rings is 1. The Morgan fingerprint density at radius 2 is 2.00 bits per heavy atom. The third kappa shape index (κ3) is 5.29. The highest BCUT2D eigenvalue weighted by molar-refractivity contribution is 5.29. The number of hydrogen-bond donors (Lipinski definition) is 1. The molecule has 0 saturated heterocycles. The fourth-order valence-corrected chi connectivity index (χ4v) is 1.17. The van der Waals surface area contributed by atoms with E-state index in [1.54, 1.807) is 30.5 Å². The van der Waals surface area contributed by atoms with Crippen LogP contribution in [0.3, 0.4) is 0 Å². The molecule has 0 amide bonds. The molecule has 1 rings (SSSR count). The summed E-state index contributed by atoms with van der Waals surface area (Å²) in [6.45, 7) is 3.33. The normalized spacial score (nSPS) is 10.6. The number of rotatable bonds is 7. The predicted molar refractivity (Wildman–Crippen MR) is 63.6 cm³/mol. The molecule has 0 radical (unpaired) electrons. The molecule has 0 aliphatic heterocycles. The Kier molecular flexibility index (Phi) is 5.92. The molecule has 0 unspecified atom stereocenters. The van der Waals surface area contributed by atoms with Crippen molar-refractivity contribution < 1.29 is 14.6 Å². The van der Waals surface area contributed by atoms with Gasteiger partial charge in [-0.25, -0.2) is 0 Å². The summed E-state index contributed by atoms with van der Waals surface area (Å²) < 4.78 is 10.5. The van der Waals surface area contributed by atoms with E-state index in [1.807, 2.05) is 13.0 Å². The van der Waals surface area contributed by atoms with Gasteiger partial charge in [0, 0.05) is 0 Å². The van der Waals surface area contributed by atoms with Crippen molar-refractivity contribution in [1.29, 1.82) is 0 Å². The Morgan fingerprint density at radius 1 is 1.25 bits per heavy atom. The second kappa shape index (κ2) is 7.63. The molecule has 3 nitrogen and oxygen atoms in total. The van der Waals surface area contributed by atoms with Crippen molar-refractivity contribution in [2.45, 2.75) is 19.8 Å². The number of phenols is 1. The molecule has 0 heterocycles. The standard InChI is InChI=1S/C13H18O3/c1-2-15-10-4-3-5-11-16-13-8-6-12(14)7-9-13/h4,6-10,14H,2-3,5,11H2,1H3. The fraction of sp³-hybridized carbons (Fsp3) is 0.385. The summed E-state index contributed by atoms with van der Waals surface area (Å²) in [5, 5.41) is 9.07. The Labute approximate surface area is 96.3 Å². The van der Waals surface area contributed by atoms with Crippen LogP contribution in [0.2, 0.25) is 0 Å². The number of aromatic hydroxyl groups is 1. The number of allylic oxidation sites excluding steroid dienone is 1. The van der Waals surface area contributed by atoms with Gasteiger partial charge < -0.3 is 14.6 Å². The van der Waals surface area contributed by atoms with Crippen LogP contribution in [-0.2, 0) is 4.74 Å². The average Bonchev–Trinajstić information content (AvgIpc) is 2.30. The van der Waals surface area contributed by atoms with E-state index in [4.69, 9.17) is 14.6 Å². The minimum Gasteiger partial charge on any atom is -0.508 e. The smallest absolute Gasteiger partial charge is 0.119 e. The van der Waals surface area contributed by atoms with E-state index in [2.05, 4.69) is 0 Å². The first kappa shape index (κ1) is 12.4. The van der Waals surface area contributed by atoms with Gasteiger partial charge in [-0.15, -0.1) is 0 Å². The maximum atomic E-state index is 9.07. The van der Waals surface area contributed by atoms with Gasteiger partial charge in [-0.2, -0.15) is 0 Å². The predicted octanol–water partition coefficient (Wildman–Crippen LogP) is 3.10. The monoisotopic (exact) mass is 222 g/mol. The number of unbranched alkanes of at least 4 members (excludes halogenated alkanes) is 1. The van der Waals surface area contributed by atoms with Crippen molar-refractivity contribution in [3.8, 4) is 11.5 Å². The van der Waals surface area contributed by atoms with E-state index in [9.17, 15) is 0 Å². The summed E-state index contributed by atoms with van der Waals surface area (Å²) >= 11 is 0. The first-order valence-corrected chi connectivity index (χ1v) is 5.51. The summed E-state index contributed by atoms with van der Waals surface area (Å²) in [5.74, 6) is 1.04. The number of hydrogen-bond acceptors (Lipinski definition) is 3. The molecule has 0 atom stereocenters. The summed E-state index contributed by atoms with van der Waals surface area (Å²) in [7, 11) is 0. The molecule has 0 bridgehead atoms. The number of ether oxygens (including phenoxy) is 2. The van der Waals surface area contributed by atoms with Crippen LogP contribution in [0.15, 0.2) is 36.6 Å². The van der Waals surface area contributed by atoms with E-state index in [0.717, 1.165) is 18.6 Å². The topological polar surface area (TPSA) is 38.7 Å². The van der Waals surface area contributed by atoms with Crippen molar-refractivity contribution >= 4 is 0 Å². The molecule has 0 aliphatic rings. The highest BCUT2D eigenvalue weighted by atomic mass is 16.5. The molecular weight excluding hydrogens is 204 g/mol. The Morgan fingerprint density at radius 3 is 2.69 bits per heavy atom. The zero-order chi connectivity index (χ0) is 11.6. The zero-order valence-electron chi connectivity index (χ0n) is 9.56. The van der Waals surface area contributed by atoms with Crippen molar-refractivity contribution in [3.05, 3.63) is 36.6 Å². The third-order valence-corrected chi connectivity index (χ3v) is 1.98. The van der Waals surface area contributed by atoms with E-state index < -0.39 is 0 Å². The summed E-state index contributed by atoms with van der Waals surface area (Å²) in [6, 6.07) is 6.74. The minimum absolute atomic E-state index is 0.256. The maximum absolute atomic E-state index is 9.07. The SMILES string of the molecule is CCOC=CCCCOc1ccc(O)cc1. The van der Waals surface area contributed by atoms with Crippen LogP contribution in [0.5, 0.6) is 11.5 Å². The van der Waals surface area contributed by atoms with Crippen LogP contribution in [0, 0.1) is 0 Å². The van der Waals surface area contributed by atoms with Crippen molar-refractivity contribution in [1.82, 2.24) is 0 Å². The molecule has 3 heteroatoms. The first-order valence-electron chi connectivity index (χ1n) is 5.51. The van der Waals surface area contributed by atoms with Crippen LogP contribution >= 0.6 is 0 Å². The van der Waals surface area contributed by atoms with Crippen LogP contribution in [-0.4, -0.2) is 18.3 Å². The van der Waals surface area contributed by atoms with Crippen molar-refractivity contribution in [2.24, 2.45) is 0 Å². The van der Waals surface area contributed by atoms with Gasteiger partial charge >= 0.3 is 0 Å². The number of phenolic OH excluding ortho intramolecular Hbond substituents is 1. The summed E-state index contributed by atoms with van der Waals surface area (Å²) in [4.78, 5) is 0. The molecule has 1 N–H and O–H groups in total. The van der Waals surface area contributed by atoms with E-state index >= 15 is 0 Å². The van der Waals surface area contributed by atoms with E-state index in [1.165, 1.54) is 0 Å². The van der Waals surface area contributed by atoms with Gasteiger partial charge in [0.25, 0.3) is 0 Å². The summed E-state index contributed by atoms with van der Waals surface area (Å²) in [5.41, 5.74) is 0. The quantitative estimate of drug-likeness (QED) is 0.569. The van der Waals surface area contributed by atoms with E-state index in [0.29, 0.717) is 13.2 Å².